The quantitative estimate of drug-likeness (QED) is 0.679. The zero-order valence-corrected chi connectivity index (χ0v) is 13.7. The second-order valence-electron chi connectivity index (χ2n) is 5.37. The van der Waals surface area contributed by atoms with Gasteiger partial charge < -0.3 is 10.2 Å². The van der Waals surface area contributed by atoms with E-state index in [1.165, 1.54) is 0 Å². The third kappa shape index (κ3) is 3.60. The highest BCUT2D eigenvalue weighted by atomic mass is 15.2. The maximum absolute atomic E-state index is 4.74. The van der Waals surface area contributed by atoms with E-state index in [1.807, 2.05) is 84.8 Å². The van der Waals surface area contributed by atoms with Crippen LogP contribution in [0.3, 0.4) is 0 Å². The van der Waals surface area contributed by atoms with Crippen LogP contribution in [0.5, 0.6) is 0 Å². The first kappa shape index (κ1) is 15.7. The molecular formula is C20H20N4. The summed E-state index contributed by atoms with van der Waals surface area (Å²) >= 11 is 0. The molecule has 0 radical (unpaired) electrons. The predicted octanol–water partition coefficient (Wildman–Crippen LogP) is 4.51. The number of benzene rings is 2. The second kappa shape index (κ2) is 7.42. The summed E-state index contributed by atoms with van der Waals surface area (Å²) in [5.74, 6) is 1.43. The van der Waals surface area contributed by atoms with Gasteiger partial charge in [-0.15, -0.1) is 6.58 Å². The number of hydrogen-bond donors (Lipinski definition) is 1. The number of para-hydroxylation sites is 1. The van der Waals surface area contributed by atoms with E-state index in [4.69, 9.17) is 4.98 Å². The minimum atomic E-state index is 0.647. The molecule has 0 aliphatic heterocycles. The lowest BCUT2D eigenvalue weighted by atomic mass is 10.1. The average molecular weight is 316 g/mol. The molecule has 1 aromatic heterocycles. The van der Waals surface area contributed by atoms with Crippen molar-refractivity contribution in [2.75, 3.05) is 23.8 Å². The molecule has 4 nitrogen and oxygen atoms in total. The number of hydrogen-bond acceptors (Lipinski definition) is 4. The minimum Gasteiger partial charge on any atom is -0.366 e. The van der Waals surface area contributed by atoms with Crippen LogP contribution in [-0.4, -0.2) is 23.6 Å². The molecule has 0 aliphatic carbocycles. The highest BCUT2D eigenvalue weighted by molar-refractivity contribution is 5.67. The second-order valence-corrected chi connectivity index (χ2v) is 5.37. The minimum absolute atomic E-state index is 0.647. The average Bonchev–Trinajstić information content (AvgIpc) is 2.67. The van der Waals surface area contributed by atoms with Gasteiger partial charge in [-0.1, -0.05) is 54.6 Å². The molecule has 0 saturated carbocycles. The molecule has 3 rings (SSSR count). The molecule has 2 aromatic carbocycles. The zero-order valence-electron chi connectivity index (χ0n) is 13.7. The van der Waals surface area contributed by atoms with E-state index in [2.05, 4.69) is 16.9 Å². The maximum atomic E-state index is 4.74. The van der Waals surface area contributed by atoms with Gasteiger partial charge in [0.05, 0.1) is 5.69 Å². The summed E-state index contributed by atoms with van der Waals surface area (Å²) in [5, 5.41) is 3.26. The lowest BCUT2D eigenvalue weighted by Crippen LogP contribution is -2.14. The molecule has 0 unspecified atom stereocenters. The van der Waals surface area contributed by atoms with Crippen molar-refractivity contribution >= 4 is 17.5 Å². The Morgan fingerprint density at radius 2 is 1.67 bits per heavy atom. The van der Waals surface area contributed by atoms with E-state index in [0.29, 0.717) is 12.5 Å². The Morgan fingerprint density at radius 3 is 2.33 bits per heavy atom. The van der Waals surface area contributed by atoms with E-state index in [0.717, 1.165) is 22.8 Å². The predicted molar refractivity (Wildman–Crippen MR) is 101 cm³/mol. The summed E-state index contributed by atoms with van der Waals surface area (Å²) in [6.45, 7) is 4.40. The monoisotopic (exact) mass is 316 g/mol. The van der Waals surface area contributed by atoms with Gasteiger partial charge in [0.2, 0.25) is 5.95 Å². The fourth-order valence-electron chi connectivity index (χ4n) is 2.38. The number of anilines is 3. The Bertz CT molecular complexity index is 800. The van der Waals surface area contributed by atoms with E-state index < -0.39 is 0 Å². The van der Waals surface area contributed by atoms with Gasteiger partial charge in [0.15, 0.2) is 0 Å². The van der Waals surface area contributed by atoms with Crippen molar-refractivity contribution in [3.63, 3.8) is 0 Å². The van der Waals surface area contributed by atoms with Crippen LogP contribution in [0.1, 0.15) is 0 Å². The lowest BCUT2D eigenvalue weighted by molar-refractivity contribution is 1.04. The SMILES string of the molecule is C=CCNc1cc(-c2ccccc2)nc(N(C)c2ccccc2)n1. The smallest absolute Gasteiger partial charge is 0.232 e. The summed E-state index contributed by atoms with van der Waals surface area (Å²) in [5.41, 5.74) is 2.98. The van der Waals surface area contributed by atoms with Crippen molar-refractivity contribution in [2.45, 2.75) is 0 Å². The molecule has 0 fully saturated rings. The van der Waals surface area contributed by atoms with Crippen molar-refractivity contribution in [3.05, 3.63) is 79.4 Å². The topological polar surface area (TPSA) is 41.1 Å². The molecule has 0 aliphatic rings. The van der Waals surface area contributed by atoms with Crippen molar-refractivity contribution in [2.24, 2.45) is 0 Å². The molecule has 120 valence electrons. The third-order valence-electron chi connectivity index (χ3n) is 3.65. The van der Waals surface area contributed by atoms with Crippen molar-refractivity contribution in [1.82, 2.24) is 9.97 Å². The van der Waals surface area contributed by atoms with Gasteiger partial charge in [0.25, 0.3) is 0 Å². The van der Waals surface area contributed by atoms with Crippen LogP contribution in [0.25, 0.3) is 11.3 Å². The Labute approximate surface area is 142 Å². The van der Waals surface area contributed by atoms with Gasteiger partial charge in [-0.2, -0.15) is 4.98 Å². The summed E-state index contributed by atoms with van der Waals surface area (Å²) in [7, 11) is 1.97. The number of aromatic nitrogens is 2. The molecular weight excluding hydrogens is 296 g/mol. The first-order valence-electron chi connectivity index (χ1n) is 7.86. The normalized spacial score (nSPS) is 10.2. The standard InChI is InChI=1S/C20H20N4/c1-3-14-21-19-15-18(16-10-6-4-7-11-16)22-20(23-19)24(2)17-12-8-5-9-13-17/h3-13,15H,1,14H2,2H3,(H,21,22,23). The molecule has 24 heavy (non-hydrogen) atoms. The Hall–Kier alpha value is -3.14. The summed E-state index contributed by atoms with van der Waals surface area (Å²) < 4.78 is 0. The highest BCUT2D eigenvalue weighted by Gasteiger charge is 2.11. The van der Waals surface area contributed by atoms with Crippen LogP contribution in [-0.2, 0) is 0 Å². The van der Waals surface area contributed by atoms with Crippen LogP contribution in [0.15, 0.2) is 79.4 Å². The fourth-order valence-corrected chi connectivity index (χ4v) is 2.38. The molecule has 0 saturated heterocycles. The van der Waals surface area contributed by atoms with Gasteiger partial charge in [0, 0.05) is 30.9 Å². The molecule has 1 N–H and O–H groups in total. The molecule has 1 heterocycles. The van der Waals surface area contributed by atoms with Gasteiger partial charge >= 0.3 is 0 Å². The summed E-state index contributed by atoms with van der Waals surface area (Å²) in [6, 6.07) is 22.1. The van der Waals surface area contributed by atoms with Crippen molar-refractivity contribution in [1.29, 1.82) is 0 Å². The molecule has 0 spiro atoms. The Morgan fingerprint density at radius 1 is 1.00 bits per heavy atom. The first-order valence-corrected chi connectivity index (χ1v) is 7.86. The largest absolute Gasteiger partial charge is 0.366 e. The molecule has 3 aromatic rings. The Kier molecular flexibility index (Phi) is 4.87. The summed E-state index contributed by atoms with van der Waals surface area (Å²) in [4.78, 5) is 11.3. The van der Waals surface area contributed by atoms with Gasteiger partial charge in [0.1, 0.15) is 5.82 Å². The molecule has 0 bridgehead atoms. The van der Waals surface area contributed by atoms with E-state index >= 15 is 0 Å². The van der Waals surface area contributed by atoms with Crippen LogP contribution in [0.2, 0.25) is 0 Å². The van der Waals surface area contributed by atoms with Crippen LogP contribution < -0.4 is 10.2 Å². The first-order chi connectivity index (χ1) is 11.8. The van der Waals surface area contributed by atoms with Crippen LogP contribution >= 0.6 is 0 Å². The number of nitrogens with zero attached hydrogens (tertiary/aromatic N) is 3. The van der Waals surface area contributed by atoms with Crippen molar-refractivity contribution in [3.8, 4) is 11.3 Å². The van der Waals surface area contributed by atoms with Gasteiger partial charge in [-0.25, -0.2) is 4.98 Å². The van der Waals surface area contributed by atoms with Crippen LogP contribution in [0.4, 0.5) is 17.5 Å². The molecule has 4 heteroatoms. The highest BCUT2D eigenvalue weighted by Crippen LogP contribution is 2.26. The molecule has 0 amide bonds. The van der Waals surface area contributed by atoms with Gasteiger partial charge in [-0.3, -0.25) is 0 Å². The van der Waals surface area contributed by atoms with Crippen LogP contribution in [0, 0.1) is 0 Å². The van der Waals surface area contributed by atoms with E-state index in [9.17, 15) is 0 Å². The van der Waals surface area contributed by atoms with Crippen molar-refractivity contribution < 1.29 is 0 Å². The number of nitrogens with one attached hydrogen (secondary N) is 1. The maximum Gasteiger partial charge on any atom is 0.232 e. The fraction of sp³-hybridized carbons (Fsp3) is 0.100. The van der Waals surface area contributed by atoms with E-state index in [1.54, 1.807) is 0 Å². The van der Waals surface area contributed by atoms with Gasteiger partial charge in [-0.05, 0) is 12.1 Å². The zero-order chi connectivity index (χ0) is 16.8. The molecule has 0 atom stereocenters. The lowest BCUT2D eigenvalue weighted by Gasteiger charge is -2.19. The third-order valence-corrected chi connectivity index (χ3v) is 3.65. The Balaban J connectivity index is 2.03. The number of rotatable bonds is 6. The van der Waals surface area contributed by atoms with E-state index in [-0.39, 0.29) is 0 Å². The summed E-state index contributed by atoms with van der Waals surface area (Å²) in [6.07, 6.45) is 1.81.